The number of hydrogen-bond donors (Lipinski definition) is 3. The highest BCUT2D eigenvalue weighted by atomic mass is 16.5. The van der Waals surface area contributed by atoms with Crippen LogP contribution in [0.4, 0.5) is 15.3 Å². The van der Waals surface area contributed by atoms with Gasteiger partial charge in [-0.15, -0.1) is 0 Å². The summed E-state index contributed by atoms with van der Waals surface area (Å²) in [6, 6.07) is 3.46. The largest absolute Gasteiger partial charge is 0.490 e. The van der Waals surface area contributed by atoms with E-state index in [0.717, 1.165) is 17.7 Å². The molecule has 0 bridgehead atoms. The van der Waals surface area contributed by atoms with Crippen molar-refractivity contribution in [1.29, 1.82) is 0 Å². The van der Waals surface area contributed by atoms with Crippen molar-refractivity contribution in [3.05, 3.63) is 18.2 Å². The van der Waals surface area contributed by atoms with Crippen LogP contribution in [0.25, 0.3) is 0 Å². The molecule has 6 amide bonds. The number of rotatable bonds is 7. The maximum atomic E-state index is 12.6. The zero-order valence-electron chi connectivity index (χ0n) is 17.1. The van der Waals surface area contributed by atoms with E-state index in [0.29, 0.717) is 43.2 Å². The number of ether oxygens (including phenoxy) is 2. The Morgan fingerprint density at radius 3 is 2.43 bits per heavy atom. The van der Waals surface area contributed by atoms with Gasteiger partial charge in [0.05, 0.1) is 13.2 Å². The number of urea groups is 2. The lowest BCUT2D eigenvalue weighted by Crippen LogP contribution is -2.46. The zero-order chi connectivity index (χ0) is 21.7. The fourth-order valence-corrected chi connectivity index (χ4v) is 3.74. The number of anilines is 1. The molecule has 1 spiro atoms. The van der Waals surface area contributed by atoms with Crippen LogP contribution in [0.2, 0.25) is 0 Å². The second kappa shape index (κ2) is 9.02. The molecule has 10 heteroatoms. The maximum Gasteiger partial charge on any atom is 0.325 e. The van der Waals surface area contributed by atoms with Gasteiger partial charge in [-0.1, -0.05) is 12.8 Å². The average molecular weight is 418 g/mol. The first-order valence-electron chi connectivity index (χ1n) is 10.0. The minimum atomic E-state index is -0.891. The standard InChI is InChI=1S/C20H26N4O6/c1-3-29-14-8-7-13(11-15(14)30-4-2)21-18(27)22-16(25)12-24-17(26)20(23-19(24)28)9-5-6-10-20/h7-8,11H,3-6,9-10,12H2,1-2H3,(H,23,28)(H2,21,22,25,27). The van der Waals surface area contributed by atoms with Crippen molar-refractivity contribution in [3.8, 4) is 11.5 Å². The van der Waals surface area contributed by atoms with Crippen LogP contribution in [0.1, 0.15) is 39.5 Å². The fourth-order valence-electron chi connectivity index (χ4n) is 3.74. The number of carbonyl (C=O) groups excluding carboxylic acids is 4. The van der Waals surface area contributed by atoms with Gasteiger partial charge in [0.15, 0.2) is 11.5 Å². The Morgan fingerprint density at radius 1 is 1.10 bits per heavy atom. The van der Waals surface area contributed by atoms with E-state index in [9.17, 15) is 19.2 Å². The summed E-state index contributed by atoms with van der Waals surface area (Å²) in [5.41, 5.74) is -0.496. The summed E-state index contributed by atoms with van der Waals surface area (Å²) in [6.45, 7) is 4.04. The van der Waals surface area contributed by atoms with Gasteiger partial charge in [-0.3, -0.25) is 19.8 Å². The van der Waals surface area contributed by atoms with E-state index in [1.165, 1.54) is 0 Å². The molecule has 0 atom stereocenters. The number of amides is 6. The summed E-state index contributed by atoms with van der Waals surface area (Å²) in [4.78, 5) is 49.9. The second-order valence-electron chi connectivity index (χ2n) is 7.14. The van der Waals surface area contributed by atoms with Crippen LogP contribution in [0.5, 0.6) is 11.5 Å². The first-order valence-corrected chi connectivity index (χ1v) is 10.0. The Hall–Kier alpha value is -3.30. The molecule has 1 saturated carbocycles. The lowest BCUT2D eigenvalue weighted by molar-refractivity contribution is -0.134. The van der Waals surface area contributed by atoms with Gasteiger partial charge in [0.25, 0.3) is 5.91 Å². The Kier molecular flexibility index (Phi) is 6.43. The number of carbonyl (C=O) groups is 4. The molecule has 3 rings (SSSR count). The molecule has 1 aliphatic heterocycles. The summed E-state index contributed by atoms with van der Waals surface area (Å²) in [7, 11) is 0. The van der Waals surface area contributed by atoms with Crippen molar-refractivity contribution in [2.24, 2.45) is 0 Å². The molecule has 1 aromatic rings. The predicted octanol–water partition coefficient (Wildman–Crippen LogP) is 2.00. The molecule has 1 aliphatic carbocycles. The molecule has 0 unspecified atom stereocenters. The third-order valence-electron chi connectivity index (χ3n) is 5.06. The van der Waals surface area contributed by atoms with Gasteiger partial charge >= 0.3 is 12.1 Å². The third-order valence-corrected chi connectivity index (χ3v) is 5.06. The molecule has 2 aliphatic rings. The monoisotopic (exact) mass is 418 g/mol. The van der Waals surface area contributed by atoms with E-state index in [-0.39, 0.29) is 0 Å². The fraction of sp³-hybridized carbons (Fsp3) is 0.500. The van der Waals surface area contributed by atoms with E-state index in [4.69, 9.17) is 9.47 Å². The van der Waals surface area contributed by atoms with Crippen molar-refractivity contribution in [2.75, 3.05) is 25.1 Å². The van der Waals surface area contributed by atoms with Crippen LogP contribution < -0.4 is 25.4 Å². The van der Waals surface area contributed by atoms with E-state index in [2.05, 4.69) is 16.0 Å². The van der Waals surface area contributed by atoms with Crippen LogP contribution in [0, 0.1) is 0 Å². The van der Waals surface area contributed by atoms with Crippen molar-refractivity contribution < 1.29 is 28.7 Å². The molecule has 0 aromatic heterocycles. The van der Waals surface area contributed by atoms with Gasteiger partial charge in [0.1, 0.15) is 12.1 Å². The van der Waals surface area contributed by atoms with Gasteiger partial charge in [0, 0.05) is 11.8 Å². The molecular weight excluding hydrogens is 392 g/mol. The Bertz CT molecular complexity index is 850. The van der Waals surface area contributed by atoms with Crippen molar-refractivity contribution >= 4 is 29.6 Å². The lowest BCUT2D eigenvalue weighted by atomic mass is 9.98. The average Bonchev–Trinajstić information content (AvgIpc) is 3.25. The molecule has 10 nitrogen and oxygen atoms in total. The normalized spacial score (nSPS) is 17.1. The van der Waals surface area contributed by atoms with Crippen LogP contribution in [-0.2, 0) is 9.59 Å². The lowest BCUT2D eigenvalue weighted by Gasteiger charge is -2.19. The maximum absolute atomic E-state index is 12.6. The third kappa shape index (κ3) is 4.47. The number of imide groups is 2. The molecule has 2 fully saturated rings. The molecule has 162 valence electrons. The molecule has 1 saturated heterocycles. The minimum absolute atomic E-state index is 0.395. The zero-order valence-corrected chi connectivity index (χ0v) is 17.1. The Labute approximate surface area is 174 Å². The number of nitrogens with one attached hydrogen (secondary N) is 3. The van der Waals surface area contributed by atoms with Crippen molar-refractivity contribution in [2.45, 2.75) is 45.1 Å². The summed E-state index contributed by atoms with van der Waals surface area (Å²) in [5, 5.41) is 7.35. The van der Waals surface area contributed by atoms with E-state index in [1.54, 1.807) is 18.2 Å². The van der Waals surface area contributed by atoms with Crippen LogP contribution in [0.3, 0.4) is 0 Å². The Balaban J connectivity index is 1.57. The SMILES string of the molecule is CCOc1ccc(NC(=O)NC(=O)CN2C(=O)NC3(CCCC3)C2=O)cc1OCC. The van der Waals surface area contributed by atoms with Gasteiger partial charge in [-0.2, -0.15) is 0 Å². The highest BCUT2D eigenvalue weighted by molar-refractivity contribution is 6.10. The van der Waals surface area contributed by atoms with Crippen molar-refractivity contribution in [1.82, 2.24) is 15.5 Å². The first kappa shape index (κ1) is 21.4. The molecule has 1 heterocycles. The van der Waals surface area contributed by atoms with E-state index < -0.39 is 36.0 Å². The smallest absolute Gasteiger partial charge is 0.325 e. The Morgan fingerprint density at radius 2 is 1.77 bits per heavy atom. The molecule has 0 radical (unpaired) electrons. The molecular formula is C20H26N4O6. The minimum Gasteiger partial charge on any atom is -0.490 e. The quantitative estimate of drug-likeness (QED) is 0.582. The highest BCUT2D eigenvalue weighted by Crippen LogP contribution is 2.35. The topological polar surface area (TPSA) is 126 Å². The first-order chi connectivity index (χ1) is 14.4. The summed E-state index contributed by atoms with van der Waals surface area (Å²) in [5.74, 6) is -0.166. The van der Waals surface area contributed by atoms with Crippen LogP contribution in [-0.4, -0.2) is 54.1 Å². The number of hydrogen-bond acceptors (Lipinski definition) is 6. The van der Waals surface area contributed by atoms with Gasteiger partial charge in [-0.25, -0.2) is 9.59 Å². The number of nitrogens with zero attached hydrogens (tertiary/aromatic N) is 1. The summed E-state index contributed by atoms with van der Waals surface area (Å²) < 4.78 is 11.0. The van der Waals surface area contributed by atoms with Gasteiger partial charge in [-0.05, 0) is 38.8 Å². The summed E-state index contributed by atoms with van der Waals surface area (Å²) >= 11 is 0. The van der Waals surface area contributed by atoms with Crippen molar-refractivity contribution in [3.63, 3.8) is 0 Å². The van der Waals surface area contributed by atoms with Crippen LogP contribution in [0.15, 0.2) is 18.2 Å². The molecule has 30 heavy (non-hydrogen) atoms. The molecule has 3 N–H and O–H groups in total. The van der Waals surface area contributed by atoms with Gasteiger partial charge in [0.2, 0.25) is 5.91 Å². The van der Waals surface area contributed by atoms with Crippen LogP contribution >= 0.6 is 0 Å². The second-order valence-corrected chi connectivity index (χ2v) is 7.14. The van der Waals surface area contributed by atoms with E-state index >= 15 is 0 Å². The molecule has 1 aromatic carbocycles. The van der Waals surface area contributed by atoms with Gasteiger partial charge < -0.3 is 20.1 Å². The number of benzene rings is 1. The van der Waals surface area contributed by atoms with E-state index in [1.807, 2.05) is 13.8 Å². The predicted molar refractivity (Wildman–Crippen MR) is 107 cm³/mol. The summed E-state index contributed by atoms with van der Waals surface area (Å²) in [6.07, 6.45) is 2.83. The highest BCUT2D eigenvalue weighted by Gasteiger charge is 2.52.